The molecule has 0 saturated heterocycles. The predicted octanol–water partition coefficient (Wildman–Crippen LogP) is 1.47. The molecule has 0 heterocycles. The quantitative estimate of drug-likeness (QED) is 0.450. The number of rotatable bonds is 2. The van der Waals surface area contributed by atoms with Crippen LogP contribution in [0.25, 0.3) is 4.85 Å². The molecular weight excluding hydrogens is 146 g/mol. The van der Waals surface area contributed by atoms with Gasteiger partial charge in [0.15, 0.2) is 6.61 Å². The second kappa shape index (κ2) is 3.81. The summed E-state index contributed by atoms with van der Waals surface area (Å²) in [6, 6.07) is 0. The third-order valence-electron chi connectivity index (χ3n) is 1.01. The van der Waals surface area contributed by atoms with E-state index in [0.29, 0.717) is 0 Å². The van der Waals surface area contributed by atoms with E-state index < -0.39 is 11.7 Å². The van der Waals surface area contributed by atoms with E-state index in [1.165, 1.54) is 7.11 Å². The molecular formula is C7H11NO3. The molecule has 0 N–H and O–H groups in total. The van der Waals surface area contributed by atoms with Crippen molar-refractivity contribution in [3.05, 3.63) is 11.4 Å². The smallest absolute Gasteiger partial charge is 0.438 e. The number of carbonyl (C=O) groups is 1. The summed E-state index contributed by atoms with van der Waals surface area (Å²) in [4.78, 5) is 13.7. The Balaban J connectivity index is 3.72. The first-order valence-electron chi connectivity index (χ1n) is 3.11. The summed E-state index contributed by atoms with van der Waals surface area (Å²) in [5.74, 6) is 0. The second-order valence-corrected chi connectivity index (χ2v) is 2.67. The zero-order valence-corrected chi connectivity index (χ0v) is 6.88. The number of carbonyl (C=O) groups excluding carboxylic acids is 1. The fourth-order valence-corrected chi connectivity index (χ4v) is 0.327. The van der Waals surface area contributed by atoms with Crippen molar-refractivity contribution in [1.82, 2.24) is 0 Å². The summed E-state index contributed by atoms with van der Waals surface area (Å²) in [5.41, 5.74) is -0.659. The highest BCUT2D eigenvalue weighted by Crippen LogP contribution is 2.08. The lowest BCUT2D eigenvalue weighted by molar-refractivity contribution is 0.0634. The van der Waals surface area contributed by atoms with Crippen molar-refractivity contribution in [1.29, 1.82) is 0 Å². The summed E-state index contributed by atoms with van der Waals surface area (Å²) in [6.45, 7) is 10.1. The van der Waals surface area contributed by atoms with Gasteiger partial charge in [-0.3, -0.25) is 0 Å². The zero-order valence-electron chi connectivity index (χ0n) is 6.88. The van der Waals surface area contributed by atoms with Crippen molar-refractivity contribution in [2.75, 3.05) is 13.7 Å². The third kappa shape index (κ3) is 4.20. The molecule has 0 aliphatic heterocycles. The average Bonchev–Trinajstić information content (AvgIpc) is 2.00. The molecule has 62 valence electrons. The Labute approximate surface area is 65.9 Å². The van der Waals surface area contributed by atoms with Crippen LogP contribution in [0, 0.1) is 6.57 Å². The van der Waals surface area contributed by atoms with Crippen LogP contribution in [0.4, 0.5) is 4.79 Å². The van der Waals surface area contributed by atoms with E-state index in [1.54, 1.807) is 13.8 Å². The highest BCUT2D eigenvalue weighted by molar-refractivity contribution is 5.59. The van der Waals surface area contributed by atoms with Crippen LogP contribution in [-0.4, -0.2) is 25.4 Å². The number of hydrogen-bond acceptors (Lipinski definition) is 3. The van der Waals surface area contributed by atoms with Gasteiger partial charge in [0.25, 0.3) is 5.54 Å². The molecule has 0 aromatic rings. The second-order valence-electron chi connectivity index (χ2n) is 2.67. The molecule has 0 radical (unpaired) electrons. The van der Waals surface area contributed by atoms with Crippen LogP contribution in [-0.2, 0) is 9.47 Å². The van der Waals surface area contributed by atoms with Gasteiger partial charge in [-0.15, -0.1) is 0 Å². The van der Waals surface area contributed by atoms with Crippen LogP contribution >= 0.6 is 0 Å². The molecule has 0 spiro atoms. The highest BCUT2D eigenvalue weighted by Gasteiger charge is 2.25. The predicted molar refractivity (Wildman–Crippen MR) is 39.0 cm³/mol. The molecule has 0 atom stereocenters. The number of hydrogen-bond donors (Lipinski definition) is 0. The Morgan fingerprint density at radius 1 is 1.64 bits per heavy atom. The monoisotopic (exact) mass is 157 g/mol. The van der Waals surface area contributed by atoms with Gasteiger partial charge < -0.3 is 14.3 Å². The summed E-state index contributed by atoms with van der Waals surface area (Å²) in [5, 5.41) is 0. The van der Waals surface area contributed by atoms with Gasteiger partial charge in [0, 0.05) is 13.8 Å². The minimum atomic E-state index is -0.748. The molecule has 0 aliphatic rings. The molecule has 0 amide bonds. The molecule has 0 saturated carbocycles. The van der Waals surface area contributed by atoms with Crippen LogP contribution in [0.2, 0.25) is 0 Å². The van der Waals surface area contributed by atoms with E-state index in [-0.39, 0.29) is 6.61 Å². The lowest BCUT2D eigenvalue weighted by Gasteiger charge is -2.09. The van der Waals surface area contributed by atoms with E-state index in [0.717, 1.165) is 0 Å². The van der Waals surface area contributed by atoms with Crippen molar-refractivity contribution in [2.24, 2.45) is 0 Å². The van der Waals surface area contributed by atoms with Gasteiger partial charge in [0.05, 0.1) is 7.11 Å². The maximum atomic E-state index is 10.4. The minimum Gasteiger partial charge on any atom is -0.438 e. The number of nitrogens with zero attached hydrogens (tertiary/aromatic N) is 1. The lowest BCUT2D eigenvalue weighted by Crippen LogP contribution is -2.24. The Morgan fingerprint density at radius 3 is 2.55 bits per heavy atom. The molecule has 4 nitrogen and oxygen atoms in total. The van der Waals surface area contributed by atoms with Crippen molar-refractivity contribution >= 4 is 6.16 Å². The summed E-state index contributed by atoms with van der Waals surface area (Å²) < 4.78 is 8.80. The standard InChI is InChI=1S/C7H11NO3/c1-7(2,8-3)5-11-6(9)10-4/h5H2,1-2,4H3. The van der Waals surface area contributed by atoms with Gasteiger partial charge >= 0.3 is 6.16 Å². The first-order chi connectivity index (χ1) is 5.02. The van der Waals surface area contributed by atoms with Crippen molar-refractivity contribution < 1.29 is 14.3 Å². The Bertz CT molecular complexity index is 181. The maximum Gasteiger partial charge on any atom is 0.508 e. The lowest BCUT2D eigenvalue weighted by atomic mass is 10.1. The van der Waals surface area contributed by atoms with Gasteiger partial charge in [0.2, 0.25) is 0 Å². The van der Waals surface area contributed by atoms with E-state index in [2.05, 4.69) is 14.3 Å². The minimum absolute atomic E-state index is 0.0587. The van der Waals surface area contributed by atoms with E-state index in [9.17, 15) is 4.79 Å². The maximum absolute atomic E-state index is 10.4. The molecule has 0 unspecified atom stereocenters. The summed E-state index contributed by atoms with van der Waals surface area (Å²) in [7, 11) is 1.23. The van der Waals surface area contributed by atoms with Crippen LogP contribution in [0.1, 0.15) is 13.8 Å². The van der Waals surface area contributed by atoms with Crippen LogP contribution < -0.4 is 0 Å². The van der Waals surface area contributed by atoms with E-state index >= 15 is 0 Å². The molecule has 0 bridgehead atoms. The number of methoxy groups -OCH3 is 1. The highest BCUT2D eigenvalue weighted by atomic mass is 16.7. The molecule has 0 rings (SSSR count). The number of ether oxygens (including phenoxy) is 2. The fourth-order valence-electron chi connectivity index (χ4n) is 0.327. The fraction of sp³-hybridized carbons (Fsp3) is 0.714. The zero-order chi connectivity index (χ0) is 8.91. The van der Waals surface area contributed by atoms with Gasteiger partial charge in [-0.05, 0) is 0 Å². The molecule has 0 fully saturated rings. The average molecular weight is 157 g/mol. The Hall–Kier alpha value is -1.24. The normalized spacial score (nSPS) is 10.0. The summed E-state index contributed by atoms with van der Waals surface area (Å²) in [6.07, 6.45) is -0.748. The first kappa shape index (κ1) is 9.76. The Kier molecular flexibility index (Phi) is 3.38. The van der Waals surface area contributed by atoms with Crippen LogP contribution in [0.5, 0.6) is 0 Å². The van der Waals surface area contributed by atoms with Crippen LogP contribution in [0.3, 0.4) is 0 Å². The molecule has 0 aromatic heterocycles. The topological polar surface area (TPSA) is 39.9 Å². The largest absolute Gasteiger partial charge is 0.508 e. The van der Waals surface area contributed by atoms with E-state index in [4.69, 9.17) is 6.57 Å². The van der Waals surface area contributed by atoms with Crippen molar-refractivity contribution in [3.8, 4) is 0 Å². The van der Waals surface area contributed by atoms with Gasteiger partial charge in [-0.2, -0.15) is 0 Å². The van der Waals surface area contributed by atoms with E-state index in [1.807, 2.05) is 0 Å². The van der Waals surface area contributed by atoms with Gasteiger partial charge in [-0.1, -0.05) is 0 Å². The molecule has 0 aliphatic carbocycles. The van der Waals surface area contributed by atoms with Crippen molar-refractivity contribution in [3.63, 3.8) is 0 Å². The molecule has 11 heavy (non-hydrogen) atoms. The van der Waals surface area contributed by atoms with Crippen molar-refractivity contribution in [2.45, 2.75) is 19.4 Å². The molecule has 0 aromatic carbocycles. The first-order valence-corrected chi connectivity index (χ1v) is 3.11. The van der Waals surface area contributed by atoms with Gasteiger partial charge in [0.1, 0.15) is 0 Å². The molecule has 4 heteroatoms. The SMILES string of the molecule is [C-]#[N+]C(C)(C)COC(=O)OC. The third-order valence-corrected chi connectivity index (χ3v) is 1.01. The summed E-state index contributed by atoms with van der Waals surface area (Å²) >= 11 is 0. The van der Waals surface area contributed by atoms with Gasteiger partial charge in [-0.25, -0.2) is 11.4 Å². The Morgan fingerprint density at radius 2 is 2.18 bits per heavy atom. The van der Waals surface area contributed by atoms with Crippen LogP contribution in [0.15, 0.2) is 0 Å².